The Balaban J connectivity index is 1.88. The highest BCUT2D eigenvalue weighted by atomic mass is 16.1. The average molecular weight is 264 g/mol. The van der Waals surface area contributed by atoms with Crippen LogP contribution in [0.4, 0.5) is 0 Å². The molecular formula is C17H16N2O. The second-order valence-corrected chi connectivity index (χ2v) is 4.78. The van der Waals surface area contributed by atoms with Crippen LogP contribution in [0.25, 0.3) is 0 Å². The molecule has 0 N–H and O–H groups in total. The largest absolute Gasteiger partial charge is 0.285 e. The summed E-state index contributed by atoms with van der Waals surface area (Å²) in [7, 11) is 0. The third-order valence-corrected chi connectivity index (χ3v) is 3.32. The molecule has 0 aliphatic heterocycles. The van der Waals surface area contributed by atoms with Gasteiger partial charge in [0.15, 0.2) is 0 Å². The van der Waals surface area contributed by atoms with Gasteiger partial charge >= 0.3 is 0 Å². The van der Waals surface area contributed by atoms with Gasteiger partial charge in [-0.25, -0.2) is 4.68 Å². The summed E-state index contributed by atoms with van der Waals surface area (Å²) in [4.78, 5) is 12.0. The number of benzene rings is 2. The van der Waals surface area contributed by atoms with Crippen LogP contribution in [0.3, 0.4) is 0 Å². The first-order valence-corrected chi connectivity index (χ1v) is 6.67. The lowest BCUT2D eigenvalue weighted by atomic mass is 10.2. The molecule has 0 unspecified atom stereocenters. The van der Waals surface area contributed by atoms with E-state index in [1.54, 1.807) is 10.7 Å². The zero-order valence-corrected chi connectivity index (χ0v) is 11.1. The molecule has 0 amide bonds. The minimum Gasteiger partial charge on any atom is -0.285 e. The van der Waals surface area contributed by atoms with Gasteiger partial charge in [0.25, 0.3) is 5.56 Å². The molecule has 0 bridgehead atoms. The smallest absolute Gasteiger partial charge is 0.266 e. The van der Waals surface area contributed by atoms with Crippen LogP contribution in [0, 0.1) is 0 Å². The van der Waals surface area contributed by atoms with Crippen molar-refractivity contribution in [3.8, 4) is 0 Å². The Morgan fingerprint density at radius 3 is 1.85 bits per heavy atom. The molecule has 1 heterocycles. The van der Waals surface area contributed by atoms with Crippen LogP contribution in [-0.2, 0) is 13.1 Å². The lowest BCUT2D eigenvalue weighted by Crippen LogP contribution is -2.23. The summed E-state index contributed by atoms with van der Waals surface area (Å²) in [6, 6.07) is 21.8. The van der Waals surface area contributed by atoms with Gasteiger partial charge in [-0.05, 0) is 11.1 Å². The van der Waals surface area contributed by atoms with Gasteiger partial charge in [-0.1, -0.05) is 60.7 Å². The van der Waals surface area contributed by atoms with Crippen molar-refractivity contribution in [2.45, 2.75) is 13.1 Å². The fraction of sp³-hybridized carbons (Fsp3) is 0.118. The van der Waals surface area contributed by atoms with Crippen LogP contribution in [0.15, 0.2) is 77.7 Å². The molecule has 1 aromatic heterocycles. The Morgan fingerprint density at radius 1 is 0.700 bits per heavy atom. The van der Waals surface area contributed by atoms with E-state index in [9.17, 15) is 4.79 Å². The van der Waals surface area contributed by atoms with Crippen LogP contribution in [-0.4, -0.2) is 9.36 Å². The molecule has 3 heteroatoms. The Labute approximate surface area is 117 Å². The molecule has 3 aromatic rings. The summed E-state index contributed by atoms with van der Waals surface area (Å²) in [5.74, 6) is 0. The van der Waals surface area contributed by atoms with Crippen molar-refractivity contribution in [3.63, 3.8) is 0 Å². The van der Waals surface area contributed by atoms with Crippen molar-refractivity contribution < 1.29 is 0 Å². The Bertz CT molecular complexity index is 726. The maximum atomic E-state index is 12.0. The van der Waals surface area contributed by atoms with E-state index in [-0.39, 0.29) is 5.56 Å². The maximum Gasteiger partial charge on any atom is 0.266 e. The lowest BCUT2D eigenvalue weighted by Gasteiger charge is -2.12. The van der Waals surface area contributed by atoms with Gasteiger partial charge in [-0.3, -0.25) is 9.48 Å². The number of nitrogens with zero attached hydrogens (tertiary/aromatic N) is 2. The monoisotopic (exact) mass is 264 g/mol. The van der Waals surface area contributed by atoms with E-state index in [2.05, 4.69) is 12.1 Å². The van der Waals surface area contributed by atoms with Crippen molar-refractivity contribution in [2.24, 2.45) is 0 Å². The van der Waals surface area contributed by atoms with E-state index in [1.165, 1.54) is 5.56 Å². The highest BCUT2D eigenvalue weighted by Gasteiger charge is 2.04. The van der Waals surface area contributed by atoms with Crippen molar-refractivity contribution in [1.82, 2.24) is 9.36 Å². The molecule has 0 aliphatic carbocycles. The molecule has 0 fully saturated rings. The first-order valence-electron chi connectivity index (χ1n) is 6.67. The lowest BCUT2D eigenvalue weighted by molar-refractivity contribution is 0.502. The fourth-order valence-corrected chi connectivity index (χ4v) is 2.28. The SMILES string of the molecule is O=c1ccn(Cc2ccccc2)n1Cc1ccccc1. The highest BCUT2D eigenvalue weighted by molar-refractivity contribution is 5.16. The van der Waals surface area contributed by atoms with E-state index in [1.807, 2.05) is 59.4 Å². The number of hydrogen-bond acceptors (Lipinski definition) is 1. The Morgan fingerprint density at radius 2 is 1.25 bits per heavy atom. The van der Waals surface area contributed by atoms with Gasteiger partial charge in [-0.15, -0.1) is 0 Å². The van der Waals surface area contributed by atoms with Crippen LogP contribution >= 0.6 is 0 Å². The quantitative estimate of drug-likeness (QED) is 0.712. The summed E-state index contributed by atoms with van der Waals surface area (Å²) in [6.45, 7) is 1.30. The second-order valence-electron chi connectivity index (χ2n) is 4.78. The van der Waals surface area contributed by atoms with Crippen LogP contribution in [0.2, 0.25) is 0 Å². The summed E-state index contributed by atoms with van der Waals surface area (Å²) < 4.78 is 3.73. The predicted octanol–water partition coefficient (Wildman–Crippen LogP) is 2.75. The molecule has 3 rings (SSSR count). The second kappa shape index (κ2) is 5.61. The summed E-state index contributed by atoms with van der Waals surface area (Å²) >= 11 is 0. The molecule has 0 radical (unpaired) electrons. The fourth-order valence-electron chi connectivity index (χ4n) is 2.28. The third kappa shape index (κ3) is 2.72. The van der Waals surface area contributed by atoms with Gasteiger partial charge < -0.3 is 0 Å². The molecule has 0 atom stereocenters. The molecule has 2 aromatic carbocycles. The van der Waals surface area contributed by atoms with Gasteiger partial charge in [-0.2, -0.15) is 0 Å². The molecule has 20 heavy (non-hydrogen) atoms. The number of hydrogen-bond donors (Lipinski definition) is 0. The van der Waals surface area contributed by atoms with Gasteiger partial charge in [0.1, 0.15) is 0 Å². The predicted molar refractivity (Wildman–Crippen MR) is 79.8 cm³/mol. The van der Waals surface area contributed by atoms with E-state index >= 15 is 0 Å². The summed E-state index contributed by atoms with van der Waals surface area (Å²) in [5.41, 5.74) is 2.34. The zero-order valence-electron chi connectivity index (χ0n) is 11.1. The minimum absolute atomic E-state index is 0.0322. The normalized spacial score (nSPS) is 10.6. The van der Waals surface area contributed by atoms with E-state index in [4.69, 9.17) is 0 Å². The maximum absolute atomic E-state index is 12.0. The number of rotatable bonds is 4. The molecule has 3 nitrogen and oxygen atoms in total. The average Bonchev–Trinajstić information content (AvgIpc) is 2.83. The minimum atomic E-state index is 0.0322. The number of aromatic nitrogens is 2. The van der Waals surface area contributed by atoms with Gasteiger partial charge in [0.05, 0.1) is 13.1 Å². The molecule has 0 saturated heterocycles. The van der Waals surface area contributed by atoms with Crippen molar-refractivity contribution in [3.05, 3.63) is 94.4 Å². The van der Waals surface area contributed by atoms with Crippen LogP contribution in [0.5, 0.6) is 0 Å². The summed E-state index contributed by atoms with van der Waals surface area (Å²) in [5, 5.41) is 0. The first-order chi connectivity index (χ1) is 9.83. The van der Waals surface area contributed by atoms with Gasteiger partial charge in [0, 0.05) is 12.3 Å². The van der Waals surface area contributed by atoms with E-state index in [0.717, 1.165) is 5.56 Å². The molecule has 0 saturated carbocycles. The van der Waals surface area contributed by atoms with Crippen molar-refractivity contribution in [1.29, 1.82) is 0 Å². The van der Waals surface area contributed by atoms with E-state index < -0.39 is 0 Å². The molecule has 0 aliphatic rings. The zero-order chi connectivity index (χ0) is 13.8. The van der Waals surface area contributed by atoms with E-state index in [0.29, 0.717) is 13.1 Å². The van der Waals surface area contributed by atoms with Crippen LogP contribution in [0.1, 0.15) is 11.1 Å². The molecule has 0 spiro atoms. The Kier molecular flexibility index (Phi) is 3.50. The topological polar surface area (TPSA) is 26.9 Å². The Hall–Kier alpha value is -2.55. The molecular weight excluding hydrogens is 248 g/mol. The van der Waals surface area contributed by atoms with Gasteiger partial charge in [0.2, 0.25) is 0 Å². The highest BCUT2D eigenvalue weighted by Crippen LogP contribution is 2.04. The van der Waals surface area contributed by atoms with Crippen LogP contribution < -0.4 is 5.56 Å². The first kappa shape index (κ1) is 12.5. The third-order valence-electron chi connectivity index (χ3n) is 3.32. The van der Waals surface area contributed by atoms with Crippen molar-refractivity contribution in [2.75, 3.05) is 0 Å². The summed E-state index contributed by atoms with van der Waals surface area (Å²) in [6.07, 6.45) is 1.85. The molecule has 100 valence electrons. The standard InChI is InChI=1S/C17H16N2O/c20-17-11-12-18(13-15-7-3-1-4-8-15)19(17)14-16-9-5-2-6-10-16/h1-12H,13-14H2. The van der Waals surface area contributed by atoms with Crippen molar-refractivity contribution >= 4 is 0 Å².